The van der Waals surface area contributed by atoms with Gasteiger partial charge in [-0.25, -0.2) is 13.8 Å². The molecule has 158 valence electrons. The van der Waals surface area contributed by atoms with Gasteiger partial charge in [0.15, 0.2) is 4.96 Å². The Morgan fingerprint density at radius 1 is 1.30 bits per heavy atom. The SMILES string of the molecule is CCNC(=O)c1c(C(N)=O)sc2nc(Cc3cccc(C(F)(F)F)c3F)cc(=O)n12. The van der Waals surface area contributed by atoms with Crippen LogP contribution in [0.1, 0.15) is 43.9 Å². The van der Waals surface area contributed by atoms with Crippen LogP contribution in [0.4, 0.5) is 17.6 Å². The zero-order valence-corrected chi connectivity index (χ0v) is 16.2. The molecule has 0 bridgehead atoms. The molecule has 0 atom stereocenters. The van der Waals surface area contributed by atoms with Crippen LogP contribution in [0, 0.1) is 5.82 Å². The third-order valence-corrected chi connectivity index (χ3v) is 5.16. The quantitative estimate of drug-likeness (QED) is 0.592. The van der Waals surface area contributed by atoms with Crippen LogP contribution >= 0.6 is 11.3 Å². The van der Waals surface area contributed by atoms with Gasteiger partial charge in [-0.1, -0.05) is 23.5 Å². The van der Waals surface area contributed by atoms with Crippen molar-refractivity contribution in [2.24, 2.45) is 5.73 Å². The van der Waals surface area contributed by atoms with Gasteiger partial charge >= 0.3 is 6.18 Å². The van der Waals surface area contributed by atoms with E-state index < -0.39 is 41.4 Å². The highest BCUT2D eigenvalue weighted by Crippen LogP contribution is 2.33. The Kier molecular flexibility index (Phi) is 5.61. The fourth-order valence-corrected chi connectivity index (χ4v) is 3.86. The van der Waals surface area contributed by atoms with Crippen molar-refractivity contribution in [2.75, 3.05) is 6.54 Å². The number of nitrogens with zero attached hydrogens (tertiary/aromatic N) is 2. The highest BCUT2D eigenvalue weighted by atomic mass is 32.1. The second-order valence-electron chi connectivity index (χ2n) is 6.16. The van der Waals surface area contributed by atoms with Crippen molar-refractivity contribution in [1.29, 1.82) is 0 Å². The van der Waals surface area contributed by atoms with Crippen LogP contribution in [-0.2, 0) is 12.6 Å². The number of alkyl halides is 3. The Labute approximate surface area is 170 Å². The van der Waals surface area contributed by atoms with Gasteiger partial charge in [0.05, 0.1) is 11.3 Å². The summed E-state index contributed by atoms with van der Waals surface area (Å²) < 4.78 is 53.9. The van der Waals surface area contributed by atoms with E-state index in [2.05, 4.69) is 10.3 Å². The van der Waals surface area contributed by atoms with E-state index in [4.69, 9.17) is 5.73 Å². The Morgan fingerprint density at radius 3 is 2.60 bits per heavy atom. The molecule has 0 spiro atoms. The monoisotopic (exact) mass is 442 g/mol. The van der Waals surface area contributed by atoms with Crippen LogP contribution in [0.25, 0.3) is 4.96 Å². The van der Waals surface area contributed by atoms with E-state index in [1.807, 2.05) is 0 Å². The number of thiazole rings is 1. The first-order chi connectivity index (χ1) is 14.0. The average molecular weight is 442 g/mol. The minimum atomic E-state index is -4.87. The molecule has 0 fully saturated rings. The molecule has 2 heterocycles. The van der Waals surface area contributed by atoms with Crippen molar-refractivity contribution in [2.45, 2.75) is 19.5 Å². The molecule has 7 nitrogen and oxygen atoms in total. The van der Waals surface area contributed by atoms with Gasteiger partial charge < -0.3 is 11.1 Å². The molecule has 0 unspecified atom stereocenters. The van der Waals surface area contributed by atoms with Gasteiger partial charge in [0.2, 0.25) is 0 Å². The lowest BCUT2D eigenvalue weighted by Crippen LogP contribution is -2.30. The molecule has 0 aliphatic heterocycles. The van der Waals surface area contributed by atoms with Crippen LogP contribution in [0.3, 0.4) is 0 Å². The average Bonchev–Trinajstić information content (AvgIpc) is 3.03. The molecule has 0 aliphatic rings. The number of hydrogen-bond acceptors (Lipinski definition) is 5. The summed E-state index contributed by atoms with van der Waals surface area (Å²) in [5.41, 5.74) is 2.49. The number of benzene rings is 1. The summed E-state index contributed by atoms with van der Waals surface area (Å²) in [4.78, 5) is 40.4. The lowest BCUT2D eigenvalue weighted by molar-refractivity contribution is -0.140. The smallest absolute Gasteiger partial charge is 0.365 e. The van der Waals surface area contributed by atoms with Crippen molar-refractivity contribution < 1.29 is 27.2 Å². The normalized spacial score (nSPS) is 11.6. The van der Waals surface area contributed by atoms with Gasteiger partial charge in [-0.3, -0.25) is 14.4 Å². The molecular formula is C18H14F4N4O3S. The minimum Gasteiger partial charge on any atom is -0.365 e. The molecule has 3 rings (SSSR count). The number of aromatic nitrogens is 2. The molecule has 1 aromatic carbocycles. The topological polar surface area (TPSA) is 107 Å². The number of rotatable bonds is 5. The fraction of sp³-hybridized carbons (Fsp3) is 0.222. The van der Waals surface area contributed by atoms with E-state index in [1.165, 1.54) is 0 Å². The highest BCUT2D eigenvalue weighted by Gasteiger charge is 2.34. The highest BCUT2D eigenvalue weighted by molar-refractivity contribution is 7.19. The number of halogens is 4. The van der Waals surface area contributed by atoms with E-state index in [9.17, 15) is 31.9 Å². The van der Waals surface area contributed by atoms with E-state index in [1.54, 1.807) is 6.92 Å². The number of amides is 2. The summed E-state index contributed by atoms with van der Waals surface area (Å²) in [6, 6.07) is 3.78. The lowest BCUT2D eigenvalue weighted by atomic mass is 10.0. The number of carbonyl (C=O) groups excluding carboxylic acids is 2. The van der Waals surface area contributed by atoms with E-state index in [0.29, 0.717) is 17.4 Å². The first kappa shape index (κ1) is 21.4. The van der Waals surface area contributed by atoms with E-state index >= 15 is 0 Å². The second kappa shape index (κ2) is 7.86. The third kappa shape index (κ3) is 3.90. The molecule has 30 heavy (non-hydrogen) atoms. The predicted molar refractivity (Wildman–Crippen MR) is 100 cm³/mol. The van der Waals surface area contributed by atoms with Gasteiger partial charge in [0.1, 0.15) is 16.4 Å². The summed E-state index contributed by atoms with van der Waals surface area (Å²) in [5.74, 6) is -3.12. The van der Waals surface area contributed by atoms with Crippen molar-refractivity contribution >= 4 is 28.1 Å². The number of hydrogen-bond donors (Lipinski definition) is 2. The largest absolute Gasteiger partial charge is 0.419 e. The molecule has 3 N–H and O–H groups in total. The summed E-state index contributed by atoms with van der Waals surface area (Å²) in [5, 5.41) is 2.46. The molecule has 3 aromatic rings. The number of primary amides is 1. The molecule has 2 aromatic heterocycles. The molecular weight excluding hydrogens is 428 g/mol. The van der Waals surface area contributed by atoms with Crippen LogP contribution in [-0.4, -0.2) is 27.7 Å². The first-order valence-electron chi connectivity index (χ1n) is 8.52. The molecule has 0 radical (unpaired) electrons. The molecule has 0 saturated carbocycles. The summed E-state index contributed by atoms with van der Waals surface area (Å²) in [7, 11) is 0. The Balaban J connectivity index is 2.12. The van der Waals surface area contributed by atoms with Crippen LogP contribution in [0.15, 0.2) is 29.1 Å². The molecule has 0 aliphatic carbocycles. The standard InChI is InChI=1S/C18H14F4N4O3S/c1-2-24-16(29)13-14(15(23)28)30-17-25-9(7-11(27)26(13)17)6-8-4-3-5-10(12(8)19)18(20,21)22/h3-5,7H,2,6H2,1H3,(H2,23,28)(H,24,29). The zero-order chi connectivity index (χ0) is 22.2. The molecule has 12 heteroatoms. The fourth-order valence-electron chi connectivity index (χ4n) is 2.86. The minimum absolute atomic E-state index is 0.0297. The Bertz CT molecular complexity index is 1220. The van der Waals surface area contributed by atoms with Crippen molar-refractivity contribution in [3.63, 3.8) is 0 Å². The zero-order valence-electron chi connectivity index (χ0n) is 15.3. The maximum atomic E-state index is 14.3. The summed E-state index contributed by atoms with van der Waals surface area (Å²) in [6.45, 7) is 1.86. The maximum Gasteiger partial charge on any atom is 0.419 e. The van der Waals surface area contributed by atoms with E-state index in [-0.39, 0.29) is 33.3 Å². The van der Waals surface area contributed by atoms with Gasteiger partial charge in [-0.2, -0.15) is 13.2 Å². The van der Waals surface area contributed by atoms with Crippen LogP contribution < -0.4 is 16.6 Å². The number of nitrogens with one attached hydrogen (secondary N) is 1. The van der Waals surface area contributed by atoms with Gasteiger partial charge in [0, 0.05) is 19.0 Å². The van der Waals surface area contributed by atoms with Crippen molar-refractivity contribution in [3.05, 3.63) is 67.8 Å². The lowest BCUT2D eigenvalue weighted by Gasteiger charge is -2.11. The maximum absolute atomic E-state index is 14.3. The van der Waals surface area contributed by atoms with E-state index in [0.717, 1.165) is 22.6 Å². The molecule has 0 saturated heterocycles. The molecule has 2 amide bonds. The van der Waals surface area contributed by atoms with Crippen LogP contribution in [0.5, 0.6) is 0 Å². The van der Waals surface area contributed by atoms with Crippen molar-refractivity contribution in [1.82, 2.24) is 14.7 Å². The number of fused-ring (bicyclic) bond motifs is 1. The summed E-state index contributed by atoms with van der Waals surface area (Å²) in [6.07, 6.45) is -5.27. The predicted octanol–water partition coefficient (Wildman–Crippen LogP) is 2.35. The Morgan fingerprint density at radius 2 is 2.00 bits per heavy atom. The Hall–Kier alpha value is -3.28. The first-order valence-corrected chi connectivity index (χ1v) is 9.34. The third-order valence-electron chi connectivity index (χ3n) is 4.10. The number of nitrogens with two attached hydrogens (primary N) is 1. The summed E-state index contributed by atoms with van der Waals surface area (Å²) >= 11 is 0.679. The van der Waals surface area contributed by atoms with Crippen molar-refractivity contribution in [3.8, 4) is 0 Å². The van der Waals surface area contributed by atoms with Gasteiger partial charge in [-0.05, 0) is 18.6 Å². The number of carbonyl (C=O) groups is 2. The van der Waals surface area contributed by atoms with Gasteiger partial charge in [-0.15, -0.1) is 0 Å². The second-order valence-corrected chi connectivity index (χ2v) is 7.14. The van der Waals surface area contributed by atoms with Gasteiger partial charge in [0.25, 0.3) is 17.4 Å². The van der Waals surface area contributed by atoms with Crippen LogP contribution in [0.2, 0.25) is 0 Å².